The fourth-order valence-corrected chi connectivity index (χ4v) is 3.55. The number of esters is 1. The van der Waals surface area contributed by atoms with Crippen molar-refractivity contribution in [1.82, 2.24) is 0 Å². The van der Waals surface area contributed by atoms with Gasteiger partial charge in [0.25, 0.3) is 0 Å². The van der Waals surface area contributed by atoms with Crippen molar-refractivity contribution in [3.05, 3.63) is 58.6 Å². The van der Waals surface area contributed by atoms with Crippen molar-refractivity contribution < 1.29 is 14.3 Å². The number of carbonyl (C=O) groups is 2. The molecule has 1 aliphatic rings. The van der Waals surface area contributed by atoms with Crippen LogP contribution in [0.5, 0.6) is 5.75 Å². The van der Waals surface area contributed by atoms with Crippen molar-refractivity contribution in [2.24, 2.45) is 5.92 Å². The largest absolute Gasteiger partial charge is 0.426 e. The average Bonchev–Trinajstić information content (AvgIpc) is 3.05. The first-order valence-corrected chi connectivity index (χ1v) is 9.66. The van der Waals surface area contributed by atoms with Gasteiger partial charge in [-0.1, -0.05) is 49.7 Å². The molecule has 1 saturated heterocycles. The van der Waals surface area contributed by atoms with Crippen LogP contribution in [0, 0.1) is 12.8 Å². The second-order valence-corrected chi connectivity index (χ2v) is 7.46. The number of carbonyl (C=O) groups excluding carboxylic acids is 2. The summed E-state index contributed by atoms with van der Waals surface area (Å²) in [4.78, 5) is 26.9. The molecule has 1 heterocycles. The van der Waals surface area contributed by atoms with Crippen molar-refractivity contribution in [3.63, 3.8) is 0 Å². The van der Waals surface area contributed by atoms with Gasteiger partial charge >= 0.3 is 5.97 Å². The topological polar surface area (TPSA) is 46.6 Å². The van der Waals surface area contributed by atoms with Gasteiger partial charge in [0.15, 0.2) is 0 Å². The molecule has 5 heteroatoms. The van der Waals surface area contributed by atoms with E-state index < -0.39 is 5.92 Å². The monoisotopic (exact) mass is 385 g/mol. The van der Waals surface area contributed by atoms with Crippen LogP contribution in [0.15, 0.2) is 42.5 Å². The van der Waals surface area contributed by atoms with Crippen LogP contribution in [0.3, 0.4) is 0 Å². The number of amides is 1. The third-order valence-corrected chi connectivity index (χ3v) is 5.67. The molecule has 1 amide bonds. The van der Waals surface area contributed by atoms with Gasteiger partial charge in [-0.3, -0.25) is 9.59 Å². The minimum atomic E-state index is -0.485. The van der Waals surface area contributed by atoms with Gasteiger partial charge in [0, 0.05) is 23.7 Å². The molecule has 0 bridgehead atoms. The number of anilines is 1. The Hall–Kier alpha value is -2.33. The number of halogens is 1. The maximum atomic E-state index is 12.7. The van der Waals surface area contributed by atoms with Crippen LogP contribution in [-0.4, -0.2) is 18.4 Å². The van der Waals surface area contributed by atoms with E-state index in [4.69, 9.17) is 16.3 Å². The van der Waals surface area contributed by atoms with Crippen LogP contribution < -0.4 is 9.64 Å². The van der Waals surface area contributed by atoms with E-state index in [1.54, 1.807) is 11.0 Å². The second-order valence-electron chi connectivity index (χ2n) is 7.06. The highest BCUT2D eigenvalue weighted by Gasteiger charge is 2.37. The Balaban J connectivity index is 1.76. The average molecular weight is 386 g/mol. The first kappa shape index (κ1) is 19.4. The fraction of sp³-hybridized carbons (Fsp3) is 0.364. The van der Waals surface area contributed by atoms with Gasteiger partial charge in [0.05, 0.1) is 5.92 Å². The molecule has 0 N–H and O–H groups in total. The van der Waals surface area contributed by atoms with E-state index in [0.29, 0.717) is 23.2 Å². The molecule has 4 nitrogen and oxygen atoms in total. The molecule has 0 saturated carbocycles. The smallest absolute Gasteiger partial charge is 0.316 e. The molecule has 0 aromatic heterocycles. The van der Waals surface area contributed by atoms with E-state index in [1.807, 2.05) is 43.3 Å². The third-order valence-electron chi connectivity index (χ3n) is 5.26. The lowest BCUT2D eigenvalue weighted by Crippen LogP contribution is -2.28. The lowest BCUT2D eigenvalue weighted by molar-refractivity contribution is -0.139. The normalized spacial score (nSPS) is 17.9. The SMILES string of the molecule is CC[C@H](C)c1ccccc1OC(=O)[C@@H]1CC(=O)N(c2cccc(Cl)c2C)C1. The highest BCUT2D eigenvalue weighted by molar-refractivity contribution is 6.31. The molecule has 3 rings (SSSR count). The molecule has 27 heavy (non-hydrogen) atoms. The van der Waals surface area contributed by atoms with Crippen LogP contribution in [-0.2, 0) is 9.59 Å². The molecular weight excluding hydrogens is 362 g/mol. The lowest BCUT2D eigenvalue weighted by atomic mass is 9.98. The predicted molar refractivity (Wildman–Crippen MR) is 107 cm³/mol. The van der Waals surface area contributed by atoms with E-state index in [2.05, 4.69) is 13.8 Å². The zero-order chi connectivity index (χ0) is 19.6. The Bertz CT molecular complexity index is 864. The predicted octanol–water partition coefficient (Wildman–Crippen LogP) is 5.12. The van der Waals surface area contributed by atoms with Crippen LogP contribution >= 0.6 is 11.6 Å². The molecule has 1 fully saturated rings. The molecule has 1 aliphatic heterocycles. The van der Waals surface area contributed by atoms with Crippen molar-refractivity contribution in [3.8, 4) is 5.75 Å². The summed E-state index contributed by atoms with van der Waals surface area (Å²) in [7, 11) is 0. The summed E-state index contributed by atoms with van der Waals surface area (Å²) in [6.45, 7) is 6.39. The van der Waals surface area contributed by atoms with Gasteiger partial charge in [-0.25, -0.2) is 0 Å². The van der Waals surface area contributed by atoms with Gasteiger partial charge in [-0.2, -0.15) is 0 Å². The summed E-state index contributed by atoms with van der Waals surface area (Å²) in [6, 6.07) is 13.1. The van der Waals surface area contributed by atoms with Crippen molar-refractivity contribution in [2.45, 2.75) is 39.5 Å². The Morgan fingerprint density at radius 3 is 2.74 bits per heavy atom. The summed E-state index contributed by atoms with van der Waals surface area (Å²) in [6.07, 6.45) is 1.11. The van der Waals surface area contributed by atoms with Gasteiger partial charge in [0.2, 0.25) is 5.91 Å². The molecule has 0 radical (unpaired) electrons. The first-order valence-electron chi connectivity index (χ1n) is 9.28. The Morgan fingerprint density at radius 1 is 1.26 bits per heavy atom. The van der Waals surface area contributed by atoms with Crippen LogP contribution in [0.4, 0.5) is 5.69 Å². The maximum Gasteiger partial charge on any atom is 0.316 e. The molecule has 142 valence electrons. The minimum absolute atomic E-state index is 0.0856. The zero-order valence-electron chi connectivity index (χ0n) is 15.9. The summed E-state index contributed by atoms with van der Waals surface area (Å²) >= 11 is 6.18. The molecule has 0 aliphatic carbocycles. The molecule has 2 atom stereocenters. The van der Waals surface area contributed by atoms with E-state index in [9.17, 15) is 9.59 Å². The van der Waals surface area contributed by atoms with E-state index in [1.165, 1.54) is 0 Å². The number of para-hydroxylation sites is 1. The second kappa shape index (κ2) is 8.13. The number of ether oxygens (including phenoxy) is 1. The van der Waals surface area contributed by atoms with Crippen molar-refractivity contribution >= 4 is 29.2 Å². The first-order chi connectivity index (χ1) is 12.9. The third kappa shape index (κ3) is 4.01. The molecular formula is C22H24ClNO3. The van der Waals surface area contributed by atoms with E-state index in [-0.39, 0.29) is 18.3 Å². The lowest BCUT2D eigenvalue weighted by Gasteiger charge is -2.20. The van der Waals surface area contributed by atoms with Gasteiger partial charge < -0.3 is 9.64 Å². The zero-order valence-corrected chi connectivity index (χ0v) is 16.6. The Morgan fingerprint density at radius 2 is 2.00 bits per heavy atom. The summed E-state index contributed by atoms with van der Waals surface area (Å²) in [5.74, 6) is -0.0498. The van der Waals surface area contributed by atoms with Gasteiger partial charge in [0.1, 0.15) is 5.75 Å². The number of nitrogens with zero attached hydrogens (tertiary/aromatic N) is 1. The van der Waals surface area contributed by atoms with Crippen LogP contribution in [0.25, 0.3) is 0 Å². The van der Waals surface area contributed by atoms with Crippen molar-refractivity contribution in [1.29, 1.82) is 0 Å². The summed E-state index contributed by atoms with van der Waals surface area (Å²) < 4.78 is 5.70. The van der Waals surface area contributed by atoms with E-state index >= 15 is 0 Å². The highest BCUT2D eigenvalue weighted by Crippen LogP contribution is 2.33. The number of hydrogen-bond donors (Lipinski definition) is 0. The Labute approximate surface area is 165 Å². The van der Waals surface area contributed by atoms with Gasteiger partial charge in [-0.05, 0) is 48.6 Å². The Kier molecular flexibility index (Phi) is 5.85. The van der Waals surface area contributed by atoms with Crippen LogP contribution in [0.2, 0.25) is 5.02 Å². The fourth-order valence-electron chi connectivity index (χ4n) is 3.38. The minimum Gasteiger partial charge on any atom is -0.426 e. The summed E-state index contributed by atoms with van der Waals surface area (Å²) in [5, 5.41) is 0.605. The maximum absolute atomic E-state index is 12.7. The van der Waals surface area contributed by atoms with E-state index in [0.717, 1.165) is 23.2 Å². The molecule has 0 unspecified atom stereocenters. The van der Waals surface area contributed by atoms with Crippen molar-refractivity contribution in [2.75, 3.05) is 11.4 Å². The number of rotatable bonds is 5. The quantitative estimate of drug-likeness (QED) is 0.530. The number of benzene rings is 2. The highest BCUT2D eigenvalue weighted by atomic mass is 35.5. The standard InChI is InChI=1S/C22H24ClNO3/c1-4-14(2)17-8-5-6-11-20(17)27-22(26)16-12-21(25)24(13-16)19-10-7-9-18(23)15(19)3/h5-11,14,16H,4,12-13H2,1-3H3/t14-,16+/m0/s1. The summed E-state index contributed by atoms with van der Waals surface area (Å²) in [5.41, 5.74) is 2.60. The molecule has 0 spiro atoms. The number of hydrogen-bond acceptors (Lipinski definition) is 3. The molecule has 2 aromatic rings. The van der Waals surface area contributed by atoms with Gasteiger partial charge in [-0.15, -0.1) is 0 Å². The van der Waals surface area contributed by atoms with Crippen LogP contribution in [0.1, 0.15) is 43.7 Å². The molecule has 2 aromatic carbocycles.